The zero-order valence-corrected chi connectivity index (χ0v) is 25.5. The molecule has 1 heterocycles. The Morgan fingerprint density at radius 1 is 0.878 bits per heavy atom. The first-order valence-electron chi connectivity index (χ1n) is 14.2. The Hall–Kier alpha value is -2.41. The van der Waals surface area contributed by atoms with Gasteiger partial charge in [-0.25, -0.2) is 0 Å². The van der Waals surface area contributed by atoms with Crippen LogP contribution in [0.1, 0.15) is 42.9 Å². The van der Waals surface area contributed by atoms with Crippen LogP contribution in [0.4, 0.5) is 0 Å². The van der Waals surface area contributed by atoms with Crippen molar-refractivity contribution in [3.8, 4) is 0 Å². The van der Waals surface area contributed by atoms with Crippen LogP contribution in [0.15, 0.2) is 72.8 Å². The van der Waals surface area contributed by atoms with E-state index in [-0.39, 0.29) is 23.1 Å². The van der Waals surface area contributed by atoms with E-state index < -0.39 is 5.41 Å². The van der Waals surface area contributed by atoms with Gasteiger partial charge < -0.3 is 15.5 Å². The first-order chi connectivity index (χ1) is 19.7. The monoisotopic (exact) mass is 611 g/mol. The molecule has 2 N–H and O–H groups in total. The van der Waals surface area contributed by atoms with Crippen LogP contribution >= 0.6 is 34.8 Å². The van der Waals surface area contributed by atoms with E-state index in [1.54, 1.807) is 13.0 Å². The molecule has 41 heavy (non-hydrogen) atoms. The maximum absolute atomic E-state index is 13.8. The molecule has 1 saturated heterocycles. The molecule has 3 aromatic carbocycles. The van der Waals surface area contributed by atoms with Crippen molar-refractivity contribution in [1.29, 1.82) is 0 Å². The molecule has 8 heteroatoms. The van der Waals surface area contributed by atoms with Gasteiger partial charge in [0, 0.05) is 36.7 Å². The van der Waals surface area contributed by atoms with Gasteiger partial charge in [-0.2, -0.15) is 0 Å². The molecule has 3 aromatic rings. The third-order valence-corrected chi connectivity index (χ3v) is 9.88. The third-order valence-electron chi connectivity index (χ3n) is 8.77. The number of benzene rings is 3. The molecule has 2 aliphatic rings. The Morgan fingerprint density at radius 2 is 1.59 bits per heavy atom. The number of ketones is 1. The number of likely N-dealkylation sites (tertiary alicyclic amines) is 1. The second-order valence-corrected chi connectivity index (χ2v) is 12.6. The summed E-state index contributed by atoms with van der Waals surface area (Å²) in [5.74, 6) is 0.314. The van der Waals surface area contributed by atoms with Crippen molar-refractivity contribution in [3.05, 3.63) is 105 Å². The number of nitrogens with one attached hydrogen (secondary N) is 2. The lowest BCUT2D eigenvalue weighted by molar-refractivity contribution is -0.124. The normalized spacial score (nSPS) is 21.8. The highest BCUT2D eigenvalue weighted by Crippen LogP contribution is 2.56. The first kappa shape index (κ1) is 30.1. The van der Waals surface area contributed by atoms with Crippen LogP contribution in [0.25, 0.3) is 0 Å². The molecule has 0 radical (unpaired) electrons. The van der Waals surface area contributed by atoms with Crippen molar-refractivity contribution in [2.45, 2.75) is 43.6 Å². The van der Waals surface area contributed by atoms with E-state index in [2.05, 4.69) is 39.8 Å². The maximum atomic E-state index is 13.8. The first-order valence-corrected chi connectivity index (χ1v) is 15.4. The van der Waals surface area contributed by atoms with Gasteiger partial charge in [0.15, 0.2) is 0 Å². The van der Waals surface area contributed by atoms with E-state index in [1.807, 2.05) is 42.5 Å². The highest BCUT2D eigenvalue weighted by Gasteiger charge is 2.61. The highest BCUT2D eigenvalue weighted by atomic mass is 35.5. The molecular formula is C33H36Cl3N3O2. The topological polar surface area (TPSA) is 61.4 Å². The Morgan fingerprint density at radius 3 is 2.27 bits per heavy atom. The van der Waals surface area contributed by atoms with E-state index in [1.165, 1.54) is 5.56 Å². The van der Waals surface area contributed by atoms with Gasteiger partial charge in [0.05, 0.1) is 22.0 Å². The fourth-order valence-corrected chi connectivity index (χ4v) is 6.83. The fourth-order valence-electron chi connectivity index (χ4n) is 6.30. The number of Topliss-reactive ketones (excluding diaryl/α,β-unsaturated/α-hetero) is 1. The molecule has 0 aromatic heterocycles. The maximum Gasteiger partial charge on any atom is 0.231 e. The summed E-state index contributed by atoms with van der Waals surface area (Å²) in [5.41, 5.74) is 2.26. The molecule has 0 spiro atoms. The van der Waals surface area contributed by atoms with Gasteiger partial charge in [0.2, 0.25) is 5.91 Å². The number of hydrogen-bond acceptors (Lipinski definition) is 4. The van der Waals surface area contributed by atoms with Crippen molar-refractivity contribution in [1.82, 2.24) is 15.5 Å². The lowest BCUT2D eigenvalue weighted by atomic mass is 9.80. The van der Waals surface area contributed by atoms with Gasteiger partial charge in [0.25, 0.3) is 0 Å². The minimum Gasteiger partial charge on any atom is -0.355 e. The summed E-state index contributed by atoms with van der Waals surface area (Å²) in [7, 11) is 0. The van der Waals surface area contributed by atoms with Crippen LogP contribution in [0.3, 0.4) is 0 Å². The number of hydrogen-bond donors (Lipinski definition) is 2. The molecular weight excluding hydrogens is 577 g/mol. The van der Waals surface area contributed by atoms with E-state index in [0.29, 0.717) is 34.6 Å². The van der Waals surface area contributed by atoms with Crippen LogP contribution in [0.2, 0.25) is 15.1 Å². The average Bonchev–Trinajstić information content (AvgIpc) is 3.70. The lowest BCUT2D eigenvalue weighted by Crippen LogP contribution is -2.52. The number of rotatable bonds is 11. The molecule has 1 amide bonds. The Bertz CT molecular complexity index is 1390. The summed E-state index contributed by atoms with van der Waals surface area (Å²) >= 11 is 19.0. The fraction of sp³-hybridized carbons (Fsp3) is 0.394. The molecule has 2 fully saturated rings. The third kappa shape index (κ3) is 6.65. The predicted octanol–water partition coefficient (Wildman–Crippen LogP) is 6.43. The quantitative estimate of drug-likeness (QED) is 0.262. The zero-order valence-electron chi connectivity index (χ0n) is 23.3. The minimum atomic E-state index is -0.643. The molecule has 1 aliphatic heterocycles. The number of amides is 1. The van der Waals surface area contributed by atoms with Gasteiger partial charge in [-0.3, -0.25) is 9.59 Å². The standard InChI is InChI=1S/C33H36Cl3N3O2/c1-23(40)21-38-32(25-8-3-2-4-9-25)14-17-39(18-15-32)22-27-20-33(27,26-11-12-29(35)30(36)19-26)31(41)37-16-13-24-7-5-6-10-28(24)34/h2-12,19,27,38H,13-18,20-22H2,1H3,(H,37,41). The second-order valence-electron chi connectivity index (χ2n) is 11.4. The van der Waals surface area contributed by atoms with E-state index in [4.69, 9.17) is 34.8 Å². The Kier molecular flexibility index (Phi) is 9.42. The van der Waals surface area contributed by atoms with Crippen molar-refractivity contribution in [3.63, 3.8) is 0 Å². The van der Waals surface area contributed by atoms with Gasteiger partial charge in [-0.05, 0) is 73.4 Å². The van der Waals surface area contributed by atoms with Gasteiger partial charge in [-0.15, -0.1) is 0 Å². The summed E-state index contributed by atoms with van der Waals surface area (Å²) in [6.45, 7) is 5.05. The zero-order chi connectivity index (χ0) is 29.0. The number of carbonyl (C=O) groups excluding carboxylic acids is 2. The lowest BCUT2D eigenvalue weighted by Gasteiger charge is -2.43. The molecule has 2 unspecified atom stereocenters. The average molecular weight is 613 g/mol. The molecule has 216 valence electrons. The number of piperidine rings is 1. The van der Waals surface area contributed by atoms with Crippen LogP contribution in [0, 0.1) is 5.92 Å². The predicted molar refractivity (Wildman–Crippen MR) is 167 cm³/mol. The van der Waals surface area contributed by atoms with Crippen LogP contribution in [0.5, 0.6) is 0 Å². The van der Waals surface area contributed by atoms with E-state index in [9.17, 15) is 9.59 Å². The molecule has 0 bridgehead atoms. The summed E-state index contributed by atoms with van der Waals surface area (Å²) in [6, 6.07) is 23.7. The van der Waals surface area contributed by atoms with Gasteiger partial charge >= 0.3 is 0 Å². The highest BCUT2D eigenvalue weighted by molar-refractivity contribution is 6.42. The second kappa shape index (κ2) is 12.8. The Labute approximate surface area is 257 Å². The number of nitrogens with zero attached hydrogens (tertiary/aromatic N) is 1. The van der Waals surface area contributed by atoms with Crippen LogP contribution in [-0.4, -0.2) is 49.3 Å². The smallest absolute Gasteiger partial charge is 0.231 e. The van der Waals surface area contributed by atoms with Crippen LogP contribution < -0.4 is 10.6 Å². The largest absolute Gasteiger partial charge is 0.355 e. The number of halogens is 3. The van der Waals surface area contributed by atoms with Gasteiger partial charge in [0.1, 0.15) is 5.78 Å². The summed E-state index contributed by atoms with van der Waals surface area (Å²) in [4.78, 5) is 28.1. The summed E-state index contributed by atoms with van der Waals surface area (Å²) < 4.78 is 0. The molecule has 5 rings (SSSR count). The summed E-state index contributed by atoms with van der Waals surface area (Å²) in [5, 5.41) is 8.41. The van der Waals surface area contributed by atoms with Crippen LogP contribution in [-0.2, 0) is 27.0 Å². The SMILES string of the molecule is CC(=O)CNC1(c2ccccc2)CCN(CC2CC2(C(=O)NCCc2ccccc2Cl)c2ccc(Cl)c(Cl)c2)CC1. The van der Waals surface area contributed by atoms with E-state index in [0.717, 1.165) is 50.0 Å². The van der Waals surface area contributed by atoms with Gasteiger partial charge in [-0.1, -0.05) is 89.4 Å². The van der Waals surface area contributed by atoms with Crippen molar-refractivity contribution in [2.24, 2.45) is 5.92 Å². The molecule has 5 nitrogen and oxygen atoms in total. The Balaban J connectivity index is 1.28. The molecule has 1 saturated carbocycles. The molecule has 1 aliphatic carbocycles. The minimum absolute atomic E-state index is 0.0201. The summed E-state index contributed by atoms with van der Waals surface area (Å²) in [6.07, 6.45) is 3.20. The number of carbonyl (C=O) groups is 2. The van der Waals surface area contributed by atoms with Crippen molar-refractivity contribution >= 4 is 46.5 Å². The van der Waals surface area contributed by atoms with Crippen molar-refractivity contribution < 1.29 is 9.59 Å². The van der Waals surface area contributed by atoms with E-state index >= 15 is 0 Å². The van der Waals surface area contributed by atoms with Crippen molar-refractivity contribution in [2.75, 3.05) is 32.7 Å². The molecule has 2 atom stereocenters.